The summed E-state index contributed by atoms with van der Waals surface area (Å²) in [6.45, 7) is 3.55. The van der Waals surface area contributed by atoms with Crippen molar-refractivity contribution in [1.82, 2.24) is 14.7 Å². The van der Waals surface area contributed by atoms with E-state index in [0.717, 1.165) is 10.5 Å². The summed E-state index contributed by atoms with van der Waals surface area (Å²) in [6.07, 6.45) is 1.61. The van der Waals surface area contributed by atoms with Gasteiger partial charge in [-0.15, -0.1) is 11.8 Å². The third kappa shape index (κ3) is 7.54. The van der Waals surface area contributed by atoms with E-state index in [0.29, 0.717) is 22.6 Å². The third-order valence-electron chi connectivity index (χ3n) is 7.24. The largest absolute Gasteiger partial charge is 0.321 e. The highest BCUT2D eigenvalue weighted by atomic mass is 32.2. The molecule has 1 heterocycles. The second-order valence-corrected chi connectivity index (χ2v) is 11.9. The quantitative estimate of drug-likeness (QED) is 0.129. The molecule has 0 spiro atoms. The smallest absolute Gasteiger partial charge is 0.295 e. The summed E-state index contributed by atoms with van der Waals surface area (Å²) in [5, 5.41) is 7.87. The maximum absolute atomic E-state index is 13.3. The van der Waals surface area contributed by atoms with E-state index >= 15 is 0 Å². The highest BCUT2D eigenvalue weighted by Gasteiger charge is 2.22. The van der Waals surface area contributed by atoms with Crippen LogP contribution in [0.2, 0.25) is 0 Å². The molecule has 0 aliphatic carbocycles. The van der Waals surface area contributed by atoms with Crippen molar-refractivity contribution in [3.63, 3.8) is 0 Å². The Labute approximate surface area is 270 Å². The van der Waals surface area contributed by atoms with Gasteiger partial charge in [0.1, 0.15) is 11.4 Å². The van der Waals surface area contributed by atoms with Crippen molar-refractivity contribution in [2.24, 2.45) is 7.05 Å². The number of hydrogen-bond acceptors (Lipinski definition) is 5. The Kier molecular flexibility index (Phi) is 9.99. The first-order valence-corrected chi connectivity index (χ1v) is 15.5. The van der Waals surface area contributed by atoms with Crippen LogP contribution in [-0.4, -0.2) is 32.3 Å². The number of amides is 3. The molecule has 4 aromatic carbocycles. The first kappa shape index (κ1) is 31.8. The monoisotopic (exact) mass is 631 g/mol. The number of hydrogen-bond donors (Lipinski definition) is 3. The molecular weight excluding hydrogens is 598 g/mol. The molecule has 1 aromatic heterocycles. The van der Waals surface area contributed by atoms with E-state index in [2.05, 4.69) is 16.0 Å². The van der Waals surface area contributed by atoms with Crippen LogP contribution in [0.4, 0.5) is 11.4 Å². The Morgan fingerprint density at radius 3 is 2.00 bits per heavy atom. The van der Waals surface area contributed by atoms with E-state index in [-0.39, 0.29) is 22.9 Å². The number of carbonyl (C=O) groups excluding carboxylic acids is 3. The van der Waals surface area contributed by atoms with Gasteiger partial charge in [0.2, 0.25) is 5.91 Å². The fourth-order valence-corrected chi connectivity index (χ4v) is 5.54. The molecular formula is C36H33N5O4S. The van der Waals surface area contributed by atoms with Crippen molar-refractivity contribution in [3.8, 4) is 5.69 Å². The zero-order valence-corrected chi connectivity index (χ0v) is 26.4. The van der Waals surface area contributed by atoms with Gasteiger partial charge in [-0.1, -0.05) is 66.7 Å². The van der Waals surface area contributed by atoms with E-state index < -0.39 is 17.1 Å². The van der Waals surface area contributed by atoms with Crippen molar-refractivity contribution < 1.29 is 14.4 Å². The summed E-state index contributed by atoms with van der Waals surface area (Å²) < 4.78 is 3.23. The third-order valence-corrected chi connectivity index (χ3v) is 8.35. The van der Waals surface area contributed by atoms with E-state index in [1.165, 1.54) is 16.4 Å². The van der Waals surface area contributed by atoms with Gasteiger partial charge in [-0.25, -0.2) is 4.68 Å². The average Bonchev–Trinajstić information content (AvgIpc) is 3.29. The van der Waals surface area contributed by atoms with E-state index in [1.807, 2.05) is 66.7 Å². The molecule has 0 fully saturated rings. The van der Waals surface area contributed by atoms with Gasteiger partial charge in [0.15, 0.2) is 0 Å². The van der Waals surface area contributed by atoms with Crippen LogP contribution in [0, 0.1) is 6.92 Å². The number of benzene rings is 4. The number of aromatic nitrogens is 2. The zero-order valence-electron chi connectivity index (χ0n) is 25.6. The van der Waals surface area contributed by atoms with Crippen molar-refractivity contribution in [2.45, 2.75) is 24.0 Å². The van der Waals surface area contributed by atoms with Crippen LogP contribution in [0.15, 0.2) is 131 Å². The second-order valence-electron chi connectivity index (χ2n) is 10.5. The van der Waals surface area contributed by atoms with E-state index in [9.17, 15) is 19.2 Å². The average molecular weight is 632 g/mol. The first-order valence-electron chi connectivity index (χ1n) is 14.6. The molecule has 0 aliphatic heterocycles. The Morgan fingerprint density at radius 1 is 0.783 bits per heavy atom. The van der Waals surface area contributed by atoms with Gasteiger partial charge < -0.3 is 16.0 Å². The minimum absolute atomic E-state index is 0.0892. The van der Waals surface area contributed by atoms with E-state index in [4.69, 9.17) is 0 Å². The molecule has 0 bridgehead atoms. The van der Waals surface area contributed by atoms with E-state index in [1.54, 1.807) is 80.2 Å². The summed E-state index contributed by atoms with van der Waals surface area (Å²) in [5.74, 6) is -1.19. The number of thioether (sulfide) groups is 1. The number of rotatable bonds is 10. The molecule has 0 saturated heterocycles. The van der Waals surface area contributed by atoms with Gasteiger partial charge >= 0.3 is 0 Å². The molecule has 1 unspecified atom stereocenters. The van der Waals surface area contributed by atoms with Crippen molar-refractivity contribution in [1.29, 1.82) is 0 Å². The zero-order chi connectivity index (χ0) is 32.6. The van der Waals surface area contributed by atoms with Crippen molar-refractivity contribution in [3.05, 3.63) is 148 Å². The van der Waals surface area contributed by atoms with Crippen LogP contribution < -0.4 is 21.5 Å². The molecule has 232 valence electrons. The lowest BCUT2D eigenvalue weighted by atomic mass is 10.1. The number of nitrogens with one attached hydrogen (secondary N) is 3. The number of nitrogens with zero attached hydrogens (tertiary/aromatic N) is 2. The number of carbonyl (C=O) groups is 3. The van der Waals surface area contributed by atoms with Crippen LogP contribution in [0.3, 0.4) is 0 Å². The van der Waals surface area contributed by atoms with Crippen molar-refractivity contribution in [2.75, 3.05) is 10.6 Å². The van der Waals surface area contributed by atoms with Crippen LogP contribution in [-0.2, 0) is 16.6 Å². The normalized spacial score (nSPS) is 11.8. The Morgan fingerprint density at radius 2 is 1.37 bits per heavy atom. The second kappa shape index (κ2) is 14.4. The molecule has 1 atom stereocenters. The van der Waals surface area contributed by atoms with Gasteiger partial charge in [0, 0.05) is 23.2 Å². The highest BCUT2D eigenvalue weighted by molar-refractivity contribution is 8.00. The topological polar surface area (TPSA) is 114 Å². The highest BCUT2D eigenvalue weighted by Crippen LogP contribution is 2.26. The SMILES string of the molecule is Cc1c(NC(=O)C(C)Sc2ccc(NC(=O)/C(=C/c3ccccc3)NC(=O)c3ccccc3)cc2)c(=O)n(-c2ccccc2)n1C. The molecule has 3 N–H and O–H groups in total. The first-order chi connectivity index (χ1) is 22.2. The minimum atomic E-state index is -0.516. The molecule has 10 heteroatoms. The van der Waals surface area contributed by atoms with Crippen molar-refractivity contribution >= 4 is 46.9 Å². The summed E-state index contributed by atoms with van der Waals surface area (Å²) in [4.78, 5) is 53.3. The lowest BCUT2D eigenvalue weighted by Crippen LogP contribution is -2.30. The fourth-order valence-electron chi connectivity index (χ4n) is 4.67. The summed E-state index contributed by atoms with van der Waals surface area (Å²) in [5.41, 5.74) is 3.06. The molecule has 46 heavy (non-hydrogen) atoms. The molecule has 3 amide bonds. The van der Waals surface area contributed by atoms with Gasteiger partial charge in [-0.2, -0.15) is 0 Å². The maximum atomic E-state index is 13.3. The molecule has 0 radical (unpaired) electrons. The van der Waals surface area contributed by atoms with Crippen LogP contribution in [0.5, 0.6) is 0 Å². The van der Waals surface area contributed by atoms with Gasteiger partial charge in [-0.3, -0.25) is 23.9 Å². The fraction of sp³-hybridized carbons (Fsp3) is 0.111. The lowest BCUT2D eigenvalue weighted by Gasteiger charge is -2.13. The molecule has 9 nitrogen and oxygen atoms in total. The Bertz CT molecular complexity index is 1930. The maximum Gasteiger partial charge on any atom is 0.295 e. The van der Waals surface area contributed by atoms with Crippen LogP contribution in [0.1, 0.15) is 28.5 Å². The number of anilines is 2. The van der Waals surface area contributed by atoms with Crippen LogP contribution >= 0.6 is 11.8 Å². The summed E-state index contributed by atoms with van der Waals surface area (Å²) in [6, 6.07) is 34.2. The minimum Gasteiger partial charge on any atom is -0.321 e. The summed E-state index contributed by atoms with van der Waals surface area (Å²) >= 11 is 1.32. The molecule has 0 aliphatic rings. The summed E-state index contributed by atoms with van der Waals surface area (Å²) in [7, 11) is 1.77. The standard InChI is InChI=1S/C36H33N5O4S/c1-24-32(36(45)41(40(24)3)29-17-11-6-12-18-29)39-33(42)25(2)46-30-21-19-28(20-22-30)37-35(44)31(23-26-13-7-4-8-14-26)38-34(43)27-15-9-5-10-16-27/h4-23,25H,1-3H3,(H,37,44)(H,38,43)(H,39,42)/b31-23-. The lowest BCUT2D eigenvalue weighted by molar-refractivity contribution is -0.115. The van der Waals surface area contributed by atoms with Gasteiger partial charge in [0.25, 0.3) is 17.4 Å². The predicted octanol–water partition coefficient (Wildman–Crippen LogP) is 6.01. The molecule has 0 saturated carbocycles. The predicted molar refractivity (Wildman–Crippen MR) is 183 cm³/mol. The van der Waals surface area contributed by atoms with Gasteiger partial charge in [-0.05, 0) is 74.0 Å². The van der Waals surface area contributed by atoms with Gasteiger partial charge in [0.05, 0.1) is 16.6 Å². The van der Waals surface area contributed by atoms with Crippen LogP contribution in [0.25, 0.3) is 11.8 Å². The Hall–Kier alpha value is -5.61. The molecule has 5 aromatic rings. The molecule has 5 rings (SSSR count). The Balaban J connectivity index is 1.24. The number of para-hydroxylation sites is 1.